The Morgan fingerprint density at radius 3 is 2.54 bits per heavy atom. The van der Waals surface area contributed by atoms with Gasteiger partial charge in [0.05, 0.1) is 12.1 Å². The van der Waals surface area contributed by atoms with E-state index in [0.29, 0.717) is 12.8 Å². The molecule has 1 heterocycles. The Hall–Kier alpha value is -0.733. The minimum absolute atomic E-state index is 0.0801. The van der Waals surface area contributed by atoms with Crippen molar-refractivity contribution in [3.63, 3.8) is 0 Å². The smallest absolute Gasteiger partial charge is 0.223 e. The lowest BCUT2D eigenvalue weighted by Gasteiger charge is -2.39. The van der Waals surface area contributed by atoms with E-state index in [1.165, 1.54) is 12.1 Å². The first-order chi connectivity index (χ1) is 13.0. The van der Waals surface area contributed by atoms with E-state index in [0.717, 1.165) is 23.0 Å². The maximum Gasteiger partial charge on any atom is 0.223 e. The molecule has 156 valence electrons. The highest BCUT2D eigenvalue weighted by molar-refractivity contribution is 14.1. The van der Waals surface area contributed by atoms with Gasteiger partial charge in [0.25, 0.3) is 0 Å². The molecule has 6 heteroatoms. The van der Waals surface area contributed by atoms with Crippen LogP contribution in [0.2, 0.25) is 18.1 Å². The monoisotopic (exact) mass is 517 g/mol. The van der Waals surface area contributed by atoms with Gasteiger partial charge in [0.2, 0.25) is 5.91 Å². The fourth-order valence-electron chi connectivity index (χ4n) is 3.15. The third-order valence-corrected chi connectivity index (χ3v) is 10.8. The maximum atomic E-state index is 13.3. The van der Waals surface area contributed by atoms with Gasteiger partial charge in [-0.05, 0) is 42.2 Å². The van der Waals surface area contributed by atoms with Crippen LogP contribution in [0.4, 0.5) is 4.39 Å². The molecular formula is C22H33FINO2Si. The lowest BCUT2D eigenvalue weighted by molar-refractivity contribution is -0.128. The van der Waals surface area contributed by atoms with Gasteiger partial charge in [-0.1, -0.05) is 67.6 Å². The van der Waals surface area contributed by atoms with E-state index in [2.05, 4.69) is 68.6 Å². The standard InChI is InChI=1S/C22H33FINO2Si/c1-22(2,3)28(4,5)27-20(16-17-6-8-18(23)9-7-17)12-10-19-11-13-21(26)25(19)15-14-24/h6-10,12,19-20H,11,13-16H2,1-5H3/t19-,20+/m0/s1. The summed E-state index contributed by atoms with van der Waals surface area (Å²) in [6.07, 6.45) is 6.40. The van der Waals surface area contributed by atoms with Crippen LogP contribution in [-0.2, 0) is 15.6 Å². The number of rotatable bonds is 8. The van der Waals surface area contributed by atoms with Gasteiger partial charge in [-0.25, -0.2) is 4.39 Å². The molecule has 3 nitrogen and oxygen atoms in total. The zero-order valence-electron chi connectivity index (χ0n) is 17.7. The maximum absolute atomic E-state index is 13.3. The second-order valence-corrected chi connectivity index (χ2v) is 14.8. The average Bonchev–Trinajstić information content (AvgIpc) is 2.94. The Morgan fingerprint density at radius 2 is 1.96 bits per heavy atom. The summed E-state index contributed by atoms with van der Waals surface area (Å²) >= 11 is 2.32. The molecule has 1 aromatic rings. The molecule has 0 unspecified atom stereocenters. The molecule has 0 bridgehead atoms. The summed E-state index contributed by atoms with van der Waals surface area (Å²) in [6, 6.07) is 6.81. The van der Waals surface area contributed by atoms with Crippen molar-refractivity contribution in [2.45, 2.75) is 70.3 Å². The Bertz CT molecular complexity index is 685. The first-order valence-corrected chi connectivity index (χ1v) is 14.4. The number of hydrogen-bond acceptors (Lipinski definition) is 2. The van der Waals surface area contributed by atoms with Crippen LogP contribution in [0.25, 0.3) is 0 Å². The highest BCUT2D eigenvalue weighted by Crippen LogP contribution is 2.38. The van der Waals surface area contributed by atoms with Crippen molar-refractivity contribution >= 4 is 36.8 Å². The molecule has 0 radical (unpaired) electrons. The fraction of sp³-hybridized carbons (Fsp3) is 0.591. The van der Waals surface area contributed by atoms with Crippen molar-refractivity contribution in [3.05, 3.63) is 47.8 Å². The number of nitrogens with zero attached hydrogens (tertiary/aromatic N) is 1. The van der Waals surface area contributed by atoms with Gasteiger partial charge >= 0.3 is 0 Å². The second kappa shape index (κ2) is 9.85. The van der Waals surface area contributed by atoms with Crippen molar-refractivity contribution in [2.24, 2.45) is 0 Å². The fourth-order valence-corrected chi connectivity index (χ4v) is 4.94. The number of benzene rings is 1. The second-order valence-electron chi connectivity index (χ2n) is 9.01. The highest BCUT2D eigenvalue weighted by atomic mass is 127. The molecule has 1 amide bonds. The minimum Gasteiger partial charge on any atom is -0.410 e. The summed E-state index contributed by atoms with van der Waals surface area (Å²) < 4.78 is 20.9. The minimum atomic E-state index is -1.96. The van der Waals surface area contributed by atoms with E-state index in [-0.39, 0.29) is 28.9 Å². The van der Waals surface area contributed by atoms with Gasteiger partial charge in [0.1, 0.15) is 5.82 Å². The molecule has 1 saturated heterocycles. The van der Waals surface area contributed by atoms with Crippen LogP contribution in [0.3, 0.4) is 0 Å². The van der Waals surface area contributed by atoms with E-state index < -0.39 is 8.32 Å². The van der Waals surface area contributed by atoms with Crippen LogP contribution >= 0.6 is 22.6 Å². The highest BCUT2D eigenvalue weighted by Gasteiger charge is 2.39. The largest absolute Gasteiger partial charge is 0.410 e. The molecule has 0 aromatic heterocycles. The first kappa shape index (κ1) is 23.5. The van der Waals surface area contributed by atoms with Crippen molar-refractivity contribution in [3.8, 4) is 0 Å². The number of halogens is 2. The molecule has 28 heavy (non-hydrogen) atoms. The zero-order chi connectivity index (χ0) is 20.9. The van der Waals surface area contributed by atoms with Gasteiger partial charge in [-0.3, -0.25) is 4.79 Å². The van der Waals surface area contributed by atoms with Crippen LogP contribution in [0.1, 0.15) is 39.2 Å². The zero-order valence-corrected chi connectivity index (χ0v) is 20.8. The van der Waals surface area contributed by atoms with E-state index in [1.807, 2.05) is 17.0 Å². The Labute approximate surface area is 184 Å². The number of amides is 1. The first-order valence-electron chi connectivity index (χ1n) is 9.99. The summed E-state index contributed by atoms with van der Waals surface area (Å²) in [5.74, 6) is 0.0202. The average molecular weight is 517 g/mol. The molecule has 2 rings (SSSR count). The molecule has 2 atom stereocenters. The van der Waals surface area contributed by atoms with Gasteiger partial charge in [-0.15, -0.1) is 0 Å². The normalized spacial score (nSPS) is 19.6. The van der Waals surface area contributed by atoms with Gasteiger partial charge in [0.15, 0.2) is 8.32 Å². The Kier molecular flexibility index (Phi) is 8.28. The molecule has 0 N–H and O–H groups in total. The number of carbonyl (C=O) groups is 1. The lowest BCUT2D eigenvalue weighted by atomic mass is 10.1. The topological polar surface area (TPSA) is 29.5 Å². The Balaban J connectivity index is 2.19. The molecule has 0 spiro atoms. The van der Waals surface area contributed by atoms with E-state index in [1.54, 1.807) is 0 Å². The van der Waals surface area contributed by atoms with Crippen molar-refractivity contribution < 1.29 is 13.6 Å². The SMILES string of the molecule is CC(C)(C)[Si](C)(C)O[C@H](C=C[C@H]1CCC(=O)N1CCI)Cc1ccc(F)cc1. The van der Waals surface area contributed by atoms with Crippen LogP contribution in [0.5, 0.6) is 0 Å². The number of likely N-dealkylation sites (tertiary alicyclic amines) is 1. The van der Waals surface area contributed by atoms with Crippen LogP contribution in [0.15, 0.2) is 36.4 Å². The predicted octanol–water partition coefficient (Wildman–Crippen LogP) is 5.74. The number of carbonyl (C=O) groups excluding carboxylic acids is 1. The summed E-state index contributed by atoms with van der Waals surface area (Å²) in [5.41, 5.74) is 1.06. The molecule has 0 saturated carbocycles. The lowest BCUT2D eigenvalue weighted by Crippen LogP contribution is -2.44. The quantitative estimate of drug-likeness (QED) is 0.191. The molecule has 0 aliphatic carbocycles. The van der Waals surface area contributed by atoms with Crippen molar-refractivity contribution in [1.82, 2.24) is 4.90 Å². The third-order valence-electron chi connectivity index (χ3n) is 5.85. The number of hydrogen-bond donors (Lipinski definition) is 0. The molecule has 1 aliphatic heterocycles. The molecule has 1 aromatic carbocycles. The van der Waals surface area contributed by atoms with Crippen molar-refractivity contribution in [1.29, 1.82) is 0 Å². The van der Waals surface area contributed by atoms with E-state index in [4.69, 9.17) is 4.43 Å². The molecule has 1 fully saturated rings. The summed E-state index contributed by atoms with van der Waals surface area (Å²) in [7, 11) is -1.96. The van der Waals surface area contributed by atoms with Crippen LogP contribution in [-0.4, -0.2) is 42.2 Å². The van der Waals surface area contributed by atoms with E-state index >= 15 is 0 Å². The van der Waals surface area contributed by atoms with Crippen molar-refractivity contribution in [2.75, 3.05) is 11.0 Å². The molecular weight excluding hydrogens is 484 g/mol. The van der Waals surface area contributed by atoms with Gasteiger partial charge in [0, 0.05) is 23.8 Å². The van der Waals surface area contributed by atoms with Gasteiger partial charge < -0.3 is 9.33 Å². The molecule has 1 aliphatic rings. The predicted molar refractivity (Wildman–Crippen MR) is 125 cm³/mol. The van der Waals surface area contributed by atoms with Gasteiger partial charge in [-0.2, -0.15) is 0 Å². The summed E-state index contributed by atoms with van der Waals surface area (Å²) in [4.78, 5) is 14.1. The number of alkyl halides is 1. The van der Waals surface area contributed by atoms with E-state index in [9.17, 15) is 9.18 Å². The van der Waals surface area contributed by atoms with Crippen LogP contribution < -0.4 is 0 Å². The third kappa shape index (κ3) is 6.39. The Morgan fingerprint density at radius 1 is 1.32 bits per heavy atom. The van der Waals surface area contributed by atoms with Crippen LogP contribution in [0, 0.1) is 5.82 Å². The summed E-state index contributed by atoms with van der Waals surface area (Å²) in [5, 5.41) is 0.110. The summed E-state index contributed by atoms with van der Waals surface area (Å²) in [6.45, 7) is 12.0.